The van der Waals surface area contributed by atoms with Gasteiger partial charge in [-0.2, -0.15) is 0 Å². The third-order valence-electron chi connectivity index (χ3n) is 5.69. The third kappa shape index (κ3) is 5.97. The van der Waals surface area contributed by atoms with Crippen LogP contribution in [0.1, 0.15) is 48.1 Å². The van der Waals surface area contributed by atoms with Gasteiger partial charge in [-0.05, 0) is 81.6 Å². The minimum atomic E-state index is -0.246. The van der Waals surface area contributed by atoms with Gasteiger partial charge in [0.15, 0.2) is 11.5 Å². The first-order valence-corrected chi connectivity index (χ1v) is 12.4. The van der Waals surface area contributed by atoms with Crippen molar-refractivity contribution < 1.29 is 19.0 Å². The van der Waals surface area contributed by atoms with Crippen LogP contribution in [0.3, 0.4) is 0 Å². The minimum Gasteiger partial charge on any atom is -0.490 e. The van der Waals surface area contributed by atoms with E-state index in [1.165, 1.54) is 5.56 Å². The Labute approximate surface area is 211 Å². The number of rotatable bonds is 11. The number of aromatic nitrogens is 2. The molecule has 7 heteroatoms. The van der Waals surface area contributed by atoms with E-state index < -0.39 is 0 Å². The summed E-state index contributed by atoms with van der Waals surface area (Å²) in [4.78, 5) is 21.2. The van der Waals surface area contributed by atoms with E-state index in [9.17, 15) is 4.79 Å². The summed E-state index contributed by atoms with van der Waals surface area (Å²) in [5.74, 6) is 2.20. The van der Waals surface area contributed by atoms with E-state index in [0.29, 0.717) is 42.6 Å². The lowest BCUT2D eigenvalue weighted by Crippen LogP contribution is -2.13. The van der Waals surface area contributed by atoms with E-state index in [2.05, 4.69) is 40.4 Å². The van der Waals surface area contributed by atoms with Gasteiger partial charge in [0.2, 0.25) is 5.75 Å². The van der Waals surface area contributed by atoms with Crippen LogP contribution in [0, 0.1) is 6.92 Å². The Balaban J connectivity index is 1.48. The summed E-state index contributed by atoms with van der Waals surface area (Å²) < 4.78 is 17.2. The van der Waals surface area contributed by atoms with Crippen LogP contribution in [0.25, 0.3) is 11.0 Å². The molecule has 0 aliphatic heterocycles. The van der Waals surface area contributed by atoms with Gasteiger partial charge < -0.3 is 24.5 Å². The fraction of sp³-hybridized carbons (Fsp3) is 0.310. The summed E-state index contributed by atoms with van der Waals surface area (Å²) in [6.45, 7) is 9.11. The first-order chi connectivity index (χ1) is 17.5. The molecule has 0 saturated carbocycles. The molecule has 2 N–H and O–H groups in total. The number of nitrogens with one attached hydrogen (secondary N) is 2. The highest BCUT2D eigenvalue weighted by Crippen LogP contribution is 2.39. The Hall–Kier alpha value is -4.00. The summed E-state index contributed by atoms with van der Waals surface area (Å²) in [7, 11) is 0. The average molecular weight is 488 g/mol. The molecule has 0 bridgehead atoms. The Kier molecular flexibility index (Phi) is 8.10. The predicted molar refractivity (Wildman–Crippen MR) is 143 cm³/mol. The smallest absolute Gasteiger partial charge is 0.255 e. The highest BCUT2D eigenvalue weighted by atomic mass is 16.5. The maximum Gasteiger partial charge on any atom is 0.255 e. The molecule has 0 spiro atoms. The van der Waals surface area contributed by atoms with Crippen LogP contribution in [0.5, 0.6) is 17.2 Å². The van der Waals surface area contributed by atoms with Crippen molar-refractivity contribution in [1.82, 2.24) is 9.97 Å². The average Bonchev–Trinajstić information content (AvgIpc) is 3.27. The molecule has 0 saturated heterocycles. The van der Waals surface area contributed by atoms with Gasteiger partial charge in [-0.1, -0.05) is 18.2 Å². The van der Waals surface area contributed by atoms with Crippen LogP contribution in [0.4, 0.5) is 5.69 Å². The molecule has 1 heterocycles. The monoisotopic (exact) mass is 487 g/mol. The molecule has 0 aliphatic carbocycles. The van der Waals surface area contributed by atoms with Crippen molar-refractivity contribution in [2.45, 2.75) is 40.5 Å². The number of anilines is 1. The molecule has 0 unspecified atom stereocenters. The normalized spacial score (nSPS) is 10.9. The van der Waals surface area contributed by atoms with Gasteiger partial charge in [0.1, 0.15) is 5.82 Å². The Bertz CT molecular complexity index is 1320. The number of imidazole rings is 1. The number of nitrogens with zero attached hydrogens (tertiary/aromatic N) is 1. The molecular formula is C29H33N3O4. The topological polar surface area (TPSA) is 85.5 Å². The SMILES string of the molecule is CCOc1cc(C(=O)Nc2cccc(CCc3nc4ccc(C)cc4[nH]3)c2)cc(OCC)c1OCC. The number of aromatic amines is 1. The lowest BCUT2D eigenvalue weighted by atomic mass is 10.1. The van der Waals surface area contributed by atoms with Gasteiger partial charge in [-0.3, -0.25) is 4.79 Å². The number of carbonyl (C=O) groups excluding carboxylic acids is 1. The van der Waals surface area contributed by atoms with E-state index in [1.807, 2.05) is 45.0 Å². The maximum atomic E-state index is 13.1. The van der Waals surface area contributed by atoms with Gasteiger partial charge in [0.05, 0.1) is 30.9 Å². The third-order valence-corrected chi connectivity index (χ3v) is 5.69. The summed E-state index contributed by atoms with van der Waals surface area (Å²) in [6, 6.07) is 17.5. The van der Waals surface area contributed by atoms with E-state index in [0.717, 1.165) is 41.0 Å². The number of amides is 1. The second kappa shape index (κ2) is 11.6. The first kappa shape index (κ1) is 25.1. The largest absolute Gasteiger partial charge is 0.490 e. The van der Waals surface area contributed by atoms with Crippen molar-refractivity contribution in [2.75, 3.05) is 25.1 Å². The van der Waals surface area contributed by atoms with Crippen LogP contribution in [0.2, 0.25) is 0 Å². The zero-order valence-electron chi connectivity index (χ0n) is 21.3. The standard InChI is InChI=1S/C29H33N3O4/c1-5-34-25-17-21(18-26(35-6-2)28(25)36-7-3)29(33)30-22-10-8-9-20(16-22)12-14-27-31-23-13-11-19(4)15-24(23)32-27/h8-11,13,15-18H,5-7,12,14H2,1-4H3,(H,30,33)(H,31,32). The van der Waals surface area contributed by atoms with Gasteiger partial charge in [-0.25, -0.2) is 4.98 Å². The number of hydrogen-bond acceptors (Lipinski definition) is 5. The van der Waals surface area contributed by atoms with Gasteiger partial charge in [0, 0.05) is 17.7 Å². The quantitative estimate of drug-likeness (QED) is 0.267. The second-order valence-corrected chi connectivity index (χ2v) is 8.46. The molecule has 36 heavy (non-hydrogen) atoms. The van der Waals surface area contributed by atoms with Crippen molar-refractivity contribution >= 4 is 22.6 Å². The Morgan fingerprint density at radius 1 is 0.889 bits per heavy atom. The minimum absolute atomic E-state index is 0.246. The molecular weight excluding hydrogens is 454 g/mol. The number of benzene rings is 3. The molecule has 4 aromatic rings. The van der Waals surface area contributed by atoms with Gasteiger partial charge in [0.25, 0.3) is 5.91 Å². The van der Waals surface area contributed by atoms with E-state index >= 15 is 0 Å². The maximum absolute atomic E-state index is 13.1. The van der Waals surface area contributed by atoms with Crippen molar-refractivity contribution in [3.63, 3.8) is 0 Å². The van der Waals surface area contributed by atoms with Crippen LogP contribution in [-0.2, 0) is 12.8 Å². The van der Waals surface area contributed by atoms with Gasteiger partial charge >= 0.3 is 0 Å². The van der Waals surface area contributed by atoms with E-state index in [4.69, 9.17) is 14.2 Å². The molecule has 4 rings (SSSR count). The zero-order chi connectivity index (χ0) is 25.5. The van der Waals surface area contributed by atoms with Crippen LogP contribution in [0.15, 0.2) is 54.6 Å². The fourth-order valence-corrected chi connectivity index (χ4v) is 4.09. The van der Waals surface area contributed by atoms with Crippen LogP contribution < -0.4 is 19.5 Å². The molecule has 0 fully saturated rings. The summed E-state index contributed by atoms with van der Waals surface area (Å²) in [5, 5.41) is 3.00. The Morgan fingerprint density at radius 3 is 2.31 bits per heavy atom. The van der Waals surface area contributed by atoms with Crippen LogP contribution >= 0.6 is 0 Å². The molecule has 0 radical (unpaired) electrons. The van der Waals surface area contributed by atoms with Crippen molar-refractivity contribution in [2.24, 2.45) is 0 Å². The molecule has 1 amide bonds. The second-order valence-electron chi connectivity index (χ2n) is 8.46. The number of ether oxygens (including phenoxy) is 3. The molecule has 188 valence electrons. The molecule has 0 aliphatic rings. The Morgan fingerprint density at radius 2 is 1.61 bits per heavy atom. The number of fused-ring (bicyclic) bond motifs is 1. The molecule has 7 nitrogen and oxygen atoms in total. The molecule has 0 atom stereocenters. The highest BCUT2D eigenvalue weighted by Gasteiger charge is 2.18. The molecule has 3 aromatic carbocycles. The van der Waals surface area contributed by atoms with Gasteiger partial charge in [-0.15, -0.1) is 0 Å². The number of aryl methyl sites for hydroxylation is 3. The van der Waals surface area contributed by atoms with Crippen molar-refractivity contribution in [3.8, 4) is 17.2 Å². The summed E-state index contributed by atoms with van der Waals surface area (Å²) >= 11 is 0. The van der Waals surface area contributed by atoms with E-state index in [1.54, 1.807) is 12.1 Å². The molecule has 1 aromatic heterocycles. The summed E-state index contributed by atoms with van der Waals surface area (Å²) in [5.41, 5.74) is 5.51. The lowest BCUT2D eigenvalue weighted by Gasteiger charge is -2.17. The van der Waals surface area contributed by atoms with Crippen molar-refractivity contribution in [1.29, 1.82) is 0 Å². The van der Waals surface area contributed by atoms with Crippen molar-refractivity contribution in [3.05, 3.63) is 77.1 Å². The van der Waals surface area contributed by atoms with E-state index in [-0.39, 0.29) is 5.91 Å². The number of H-pyrrole nitrogens is 1. The lowest BCUT2D eigenvalue weighted by molar-refractivity contribution is 0.102. The number of carbonyl (C=O) groups is 1. The predicted octanol–water partition coefficient (Wildman–Crippen LogP) is 6.10. The zero-order valence-corrected chi connectivity index (χ0v) is 21.3. The highest BCUT2D eigenvalue weighted by molar-refractivity contribution is 6.05. The number of hydrogen-bond donors (Lipinski definition) is 2. The fourth-order valence-electron chi connectivity index (χ4n) is 4.09. The summed E-state index contributed by atoms with van der Waals surface area (Å²) in [6.07, 6.45) is 1.58. The first-order valence-electron chi connectivity index (χ1n) is 12.4. The van der Waals surface area contributed by atoms with Crippen LogP contribution in [-0.4, -0.2) is 35.7 Å².